The number of pyridine rings is 1. The molecule has 0 aliphatic carbocycles. The van der Waals surface area contributed by atoms with Crippen LogP contribution in [-0.4, -0.2) is 11.7 Å². The van der Waals surface area contributed by atoms with E-state index in [1.807, 2.05) is 32.0 Å². The molecule has 2 aromatic rings. The Labute approximate surface area is 148 Å². The summed E-state index contributed by atoms with van der Waals surface area (Å²) in [7, 11) is 1.63. The predicted octanol–water partition coefficient (Wildman–Crippen LogP) is 3.30. The summed E-state index contributed by atoms with van der Waals surface area (Å²) >= 11 is 5.85. The molecule has 0 unspecified atom stereocenters. The van der Waals surface area contributed by atoms with Crippen LogP contribution >= 0.6 is 11.6 Å². The van der Waals surface area contributed by atoms with E-state index >= 15 is 0 Å². The Hall–Kier alpha value is -0.636. The van der Waals surface area contributed by atoms with E-state index in [-0.39, 0.29) is 43.3 Å². The molecule has 20 heavy (non-hydrogen) atoms. The second kappa shape index (κ2) is 7.39. The Morgan fingerprint density at radius 1 is 1.40 bits per heavy atom. The Bertz CT molecular complexity index is 667. The van der Waals surface area contributed by atoms with Gasteiger partial charge in [-0.1, -0.05) is 23.7 Å². The minimum absolute atomic E-state index is 0. The van der Waals surface area contributed by atoms with Crippen molar-refractivity contribution >= 4 is 11.6 Å². The van der Waals surface area contributed by atoms with Gasteiger partial charge < -0.3 is 9.30 Å². The van der Waals surface area contributed by atoms with E-state index < -0.39 is 0 Å². The standard InChI is InChI=1S/C15H15ClNO2.Y/c1-4-17-14(8-7-13(16)15(17)18)12-6-5-11(19-3)9-10(12)2;/h5-7,9H,4H2,1-3H3;/q-1;. The van der Waals surface area contributed by atoms with Gasteiger partial charge in [0.05, 0.1) is 7.11 Å². The van der Waals surface area contributed by atoms with Gasteiger partial charge in [-0.3, -0.25) is 4.79 Å². The van der Waals surface area contributed by atoms with Gasteiger partial charge in [0.25, 0.3) is 0 Å². The van der Waals surface area contributed by atoms with Gasteiger partial charge >= 0.3 is 0 Å². The number of rotatable bonds is 3. The maximum atomic E-state index is 12.0. The zero-order valence-electron chi connectivity index (χ0n) is 11.7. The number of halogens is 1. The van der Waals surface area contributed by atoms with Crippen LogP contribution in [-0.2, 0) is 39.3 Å². The van der Waals surface area contributed by atoms with Crippen molar-refractivity contribution in [2.75, 3.05) is 7.11 Å². The van der Waals surface area contributed by atoms with Gasteiger partial charge in [-0.15, -0.1) is 6.07 Å². The third-order valence-corrected chi connectivity index (χ3v) is 3.33. The van der Waals surface area contributed by atoms with Crippen molar-refractivity contribution in [1.29, 1.82) is 0 Å². The minimum atomic E-state index is -0.187. The maximum absolute atomic E-state index is 12.0. The number of hydrogen-bond donors (Lipinski definition) is 0. The summed E-state index contributed by atoms with van der Waals surface area (Å²) in [6, 6.07) is 10.3. The number of methoxy groups -OCH3 is 1. The van der Waals surface area contributed by atoms with Crippen molar-refractivity contribution < 1.29 is 37.4 Å². The summed E-state index contributed by atoms with van der Waals surface area (Å²) < 4.78 is 6.81. The number of aromatic nitrogens is 1. The van der Waals surface area contributed by atoms with E-state index in [9.17, 15) is 4.79 Å². The SMILES string of the molecule is CCn1c(-c2ccc(OC)cc2C)[c-]cc(Cl)c1=O.[Y]. The fourth-order valence-corrected chi connectivity index (χ4v) is 2.21. The number of ether oxygens (including phenoxy) is 1. The van der Waals surface area contributed by atoms with Gasteiger partial charge in [0.1, 0.15) is 5.75 Å². The van der Waals surface area contributed by atoms with E-state index in [1.54, 1.807) is 11.7 Å². The van der Waals surface area contributed by atoms with Gasteiger partial charge in [0.2, 0.25) is 5.56 Å². The molecular formula is C15H15ClNO2Y-. The van der Waals surface area contributed by atoms with E-state index in [2.05, 4.69) is 6.07 Å². The van der Waals surface area contributed by atoms with Crippen LogP contribution in [0, 0.1) is 13.0 Å². The summed E-state index contributed by atoms with van der Waals surface area (Å²) in [5, 5.41) is 0.191. The molecular weight excluding hydrogens is 351 g/mol. The molecule has 1 aromatic heterocycles. The van der Waals surface area contributed by atoms with Crippen molar-refractivity contribution in [2.24, 2.45) is 0 Å². The molecule has 0 bridgehead atoms. The average molecular weight is 366 g/mol. The van der Waals surface area contributed by atoms with Gasteiger partial charge in [-0.2, -0.15) is 23.7 Å². The average Bonchev–Trinajstić information content (AvgIpc) is 2.42. The topological polar surface area (TPSA) is 31.2 Å². The molecule has 0 aliphatic rings. The Kier molecular flexibility index (Phi) is 6.44. The Morgan fingerprint density at radius 2 is 2.10 bits per heavy atom. The first-order valence-corrected chi connectivity index (χ1v) is 6.42. The predicted molar refractivity (Wildman–Crippen MR) is 76.9 cm³/mol. The first-order chi connectivity index (χ1) is 9.08. The fraction of sp³-hybridized carbons (Fsp3) is 0.267. The van der Waals surface area contributed by atoms with Gasteiger partial charge in [-0.05, 0) is 19.1 Å². The molecule has 1 heterocycles. The molecule has 0 amide bonds. The maximum Gasteiger partial charge on any atom is 0.212 e. The molecule has 0 fully saturated rings. The molecule has 0 atom stereocenters. The molecule has 1 aromatic carbocycles. The van der Waals surface area contributed by atoms with Gasteiger partial charge in [0, 0.05) is 44.3 Å². The first-order valence-electron chi connectivity index (χ1n) is 6.04. The molecule has 1 radical (unpaired) electrons. The largest absolute Gasteiger partial charge is 0.497 e. The number of nitrogens with zero attached hydrogens (tertiary/aromatic N) is 1. The summed E-state index contributed by atoms with van der Waals surface area (Å²) in [4.78, 5) is 12.0. The smallest absolute Gasteiger partial charge is 0.212 e. The van der Waals surface area contributed by atoms with Crippen molar-refractivity contribution in [3.63, 3.8) is 0 Å². The summed E-state index contributed by atoms with van der Waals surface area (Å²) in [6.45, 7) is 4.44. The van der Waals surface area contributed by atoms with Crippen LogP contribution in [0.25, 0.3) is 11.3 Å². The Morgan fingerprint density at radius 3 is 2.65 bits per heavy atom. The summed E-state index contributed by atoms with van der Waals surface area (Å²) in [5.41, 5.74) is 2.54. The summed E-state index contributed by atoms with van der Waals surface area (Å²) in [6.07, 6.45) is 0. The number of hydrogen-bond acceptors (Lipinski definition) is 2. The molecule has 5 heteroatoms. The molecule has 0 N–H and O–H groups in total. The van der Waals surface area contributed by atoms with Gasteiger partial charge in [-0.25, -0.2) is 0 Å². The van der Waals surface area contributed by atoms with E-state index in [4.69, 9.17) is 16.3 Å². The minimum Gasteiger partial charge on any atom is -0.497 e. The van der Waals surface area contributed by atoms with E-state index in [1.165, 1.54) is 6.07 Å². The second-order valence-electron chi connectivity index (χ2n) is 4.22. The van der Waals surface area contributed by atoms with E-state index in [0.717, 1.165) is 22.6 Å². The molecule has 103 valence electrons. The van der Waals surface area contributed by atoms with Gasteiger partial charge in [0.15, 0.2) is 0 Å². The number of aryl methyl sites for hydroxylation is 1. The van der Waals surface area contributed by atoms with E-state index in [0.29, 0.717) is 6.54 Å². The van der Waals surface area contributed by atoms with Crippen LogP contribution in [0.1, 0.15) is 12.5 Å². The third kappa shape index (κ3) is 3.33. The van der Waals surface area contributed by atoms with Crippen molar-refractivity contribution in [1.82, 2.24) is 4.57 Å². The fourth-order valence-electron chi connectivity index (χ4n) is 2.06. The zero-order valence-corrected chi connectivity index (χ0v) is 15.3. The Balaban J connectivity index is 0.00000200. The molecule has 0 spiro atoms. The first kappa shape index (κ1) is 17.4. The van der Waals surface area contributed by atoms with Crippen molar-refractivity contribution in [2.45, 2.75) is 20.4 Å². The zero-order chi connectivity index (χ0) is 14.0. The molecule has 2 rings (SSSR count). The van der Waals surface area contributed by atoms with Crippen LogP contribution in [0.5, 0.6) is 5.75 Å². The quantitative estimate of drug-likeness (QED) is 0.782. The van der Waals surface area contributed by atoms with Crippen molar-refractivity contribution in [3.05, 3.63) is 51.3 Å². The van der Waals surface area contributed by atoms with Crippen LogP contribution in [0.15, 0.2) is 29.1 Å². The van der Waals surface area contributed by atoms with Crippen LogP contribution in [0.2, 0.25) is 5.02 Å². The molecule has 0 aliphatic heterocycles. The van der Waals surface area contributed by atoms with Crippen LogP contribution in [0.3, 0.4) is 0 Å². The summed E-state index contributed by atoms with van der Waals surface area (Å²) in [5.74, 6) is 0.792. The molecule has 3 nitrogen and oxygen atoms in total. The van der Waals surface area contributed by atoms with Crippen LogP contribution in [0.4, 0.5) is 0 Å². The molecule has 0 saturated carbocycles. The second-order valence-corrected chi connectivity index (χ2v) is 4.62. The molecule has 0 saturated heterocycles. The third-order valence-electron chi connectivity index (χ3n) is 3.06. The monoisotopic (exact) mass is 365 g/mol. The van der Waals surface area contributed by atoms with Crippen molar-refractivity contribution in [3.8, 4) is 17.0 Å². The number of benzene rings is 1. The van der Waals surface area contributed by atoms with Crippen LogP contribution < -0.4 is 10.3 Å². The normalized spacial score (nSPS) is 10.0.